The third-order valence-electron chi connectivity index (χ3n) is 4.03. The summed E-state index contributed by atoms with van der Waals surface area (Å²) in [4.78, 5) is 12.2. The predicted molar refractivity (Wildman–Crippen MR) is 77.8 cm³/mol. The van der Waals surface area contributed by atoms with Crippen molar-refractivity contribution in [3.05, 3.63) is 35.5 Å². The number of hydrogen-bond acceptors (Lipinski definition) is 5. The minimum absolute atomic E-state index is 0.119. The number of carbonyl (C=O) groups is 1. The van der Waals surface area contributed by atoms with Gasteiger partial charge in [0.1, 0.15) is 5.76 Å². The van der Waals surface area contributed by atoms with Crippen molar-refractivity contribution in [2.75, 3.05) is 0 Å². The van der Waals surface area contributed by atoms with Gasteiger partial charge in [-0.2, -0.15) is 5.10 Å². The summed E-state index contributed by atoms with van der Waals surface area (Å²) in [5, 5.41) is 20.5. The number of hydrogen-bond donors (Lipinski definition) is 2. The van der Waals surface area contributed by atoms with E-state index in [1.165, 1.54) is 0 Å². The Bertz CT molecular complexity index is 657. The summed E-state index contributed by atoms with van der Waals surface area (Å²) in [6.45, 7) is 1.82. The molecule has 7 nitrogen and oxygen atoms in total. The van der Waals surface area contributed by atoms with Gasteiger partial charge in [-0.1, -0.05) is 5.16 Å². The van der Waals surface area contributed by atoms with Gasteiger partial charge < -0.3 is 14.9 Å². The Kier molecular flexibility index (Phi) is 3.98. The van der Waals surface area contributed by atoms with E-state index in [2.05, 4.69) is 15.6 Å². The summed E-state index contributed by atoms with van der Waals surface area (Å²) in [6, 6.07) is 1.62. The van der Waals surface area contributed by atoms with Crippen molar-refractivity contribution in [1.29, 1.82) is 0 Å². The topological polar surface area (TPSA) is 93.2 Å². The molecule has 0 radical (unpaired) electrons. The van der Waals surface area contributed by atoms with E-state index in [1.807, 2.05) is 20.2 Å². The van der Waals surface area contributed by atoms with Gasteiger partial charge in [-0.25, -0.2) is 0 Å². The van der Waals surface area contributed by atoms with E-state index in [0.717, 1.165) is 11.3 Å². The number of nitrogens with one attached hydrogen (secondary N) is 1. The van der Waals surface area contributed by atoms with Crippen LogP contribution in [0.4, 0.5) is 0 Å². The van der Waals surface area contributed by atoms with Crippen LogP contribution in [-0.2, 0) is 18.3 Å². The third kappa shape index (κ3) is 3.19. The van der Waals surface area contributed by atoms with Gasteiger partial charge in [0.05, 0.1) is 30.5 Å². The van der Waals surface area contributed by atoms with Gasteiger partial charge in [-0.15, -0.1) is 0 Å². The average Bonchev–Trinajstić information content (AvgIpc) is 3.02. The van der Waals surface area contributed by atoms with E-state index < -0.39 is 0 Å². The molecule has 2 heterocycles. The van der Waals surface area contributed by atoms with E-state index >= 15 is 0 Å². The highest BCUT2D eigenvalue weighted by Crippen LogP contribution is 2.37. The molecule has 118 valence electrons. The number of aromatic nitrogens is 3. The predicted octanol–water partition coefficient (Wildman–Crippen LogP) is 0.887. The smallest absolute Gasteiger partial charge is 0.228 e. The van der Waals surface area contributed by atoms with Crippen LogP contribution >= 0.6 is 0 Å². The van der Waals surface area contributed by atoms with E-state index in [4.69, 9.17) is 4.52 Å². The van der Waals surface area contributed by atoms with Gasteiger partial charge in [-0.3, -0.25) is 9.48 Å². The molecule has 0 aromatic carbocycles. The highest BCUT2D eigenvalue weighted by molar-refractivity contribution is 5.78. The Balaban J connectivity index is 1.68. The molecule has 3 rings (SSSR count). The fourth-order valence-electron chi connectivity index (χ4n) is 2.86. The van der Waals surface area contributed by atoms with Gasteiger partial charge in [0.25, 0.3) is 0 Å². The van der Waals surface area contributed by atoms with Gasteiger partial charge in [0, 0.05) is 24.9 Å². The Morgan fingerprint density at radius 3 is 2.91 bits per heavy atom. The van der Waals surface area contributed by atoms with Crippen molar-refractivity contribution < 1.29 is 14.4 Å². The van der Waals surface area contributed by atoms with Gasteiger partial charge >= 0.3 is 0 Å². The molecule has 7 heteroatoms. The lowest BCUT2D eigenvalue weighted by atomic mass is 9.75. The van der Waals surface area contributed by atoms with E-state index in [-0.39, 0.29) is 30.4 Å². The number of aryl methyl sites for hydroxylation is 2. The van der Waals surface area contributed by atoms with Crippen LogP contribution in [0, 0.1) is 12.8 Å². The Morgan fingerprint density at radius 2 is 2.36 bits per heavy atom. The molecule has 0 spiro atoms. The van der Waals surface area contributed by atoms with Crippen LogP contribution in [-0.4, -0.2) is 32.1 Å². The number of aliphatic hydroxyl groups is 1. The fourth-order valence-corrected chi connectivity index (χ4v) is 2.86. The van der Waals surface area contributed by atoms with Crippen LogP contribution in [0.15, 0.2) is 23.0 Å². The molecule has 0 aliphatic heterocycles. The zero-order valence-corrected chi connectivity index (χ0v) is 12.7. The number of amides is 1. The molecule has 1 atom stereocenters. The minimum Gasteiger partial charge on any atom is -0.393 e. The van der Waals surface area contributed by atoms with Crippen LogP contribution in [0.3, 0.4) is 0 Å². The van der Waals surface area contributed by atoms with E-state index in [0.29, 0.717) is 18.6 Å². The first kappa shape index (κ1) is 14.8. The summed E-state index contributed by atoms with van der Waals surface area (Å²) >= 11 is 0. The maximum Gasteiger partial charge on any atom is 0.228 e. The van der Waals surface area contributed by atoms with Crippen LogP contribution in [0.25, 0.3) is 0 Å². The van der Waals surface area contributed by atoms with Crippen molar-refractivity contribution in [2.24, 2.45) is 13.0 Å². The molecular weight excluding hydrogens is 284 g/mol. The van der Waals surface area contributed by atoms with Crippen LogP contribution in [0.5, 0.6) is 0 Å². The highest BCUT2D eigenvalue weighted by atomic mass is 16.5. The summed E-state index contributed by atoms with van der Waals surface area (Å²) in [7, 11) is 1.84. The first-order chi connectivity index (χ1) is 10.5. The summed E-state index contributed by atoms with van der Waals surface area (Å²) in [5.74, 6) is 0.666. The van der Waals surface area contributed by atoms with Gasteiger partial charge in [0.2, 0.25) is 5.91 Å². The quantitative estimate of drug-likeness (QED) is 0.855. The first-order valence-corrected chi connectivity index (χ1v) is 7.39. The number of nitrogens with zero attached hydrogens (tertiary/aromatic N) is 3. The second kappa shape index (κ2) is 5.92. The number of carbonyl (C=O) groups excluding carboxylic acids is 1. The summed E-state index contributed by atoms with van der Waals surface area (Å²) in [6.07, 6.45) is 4.94. The molecule has 1 saturated carbocycles. The average molecular weight is 304 g/mol. The van der Waals surface area contributed by atoms with Crippen LogP contribution in [0.2, 0.25) is 0 Å². The molecule has 0 unspecified atom stereocenters. The number of rotatable bonds is 5. The van der Waals surface area contributed by atoms with Crippen molar-refractivity contribution in [3.8, 4) is 0 Å². The van der Waals surface area contributed by atoms with E-state index in [9.17, 15) is 9.90 Å². The SMILES string of the molecule is Cc1cc(CC(=O)N[C@H](c2cnn(C)c2)C2CC(O)C2)on1. The lowest BCUT2D eigenvalue weighted by molar-refractivity contribution is -0.122. The minimum atomic E-state index is -0.266. The lowest BCUT2D eigenvalue weighted by Gasteiger charge is -2.37. The van der Waals surface area contributed by atoms with Crippen LogP contribution < -0.4 is 5.32 Å². The molecule has 2 aromatic heterocycles. The molecule has 1 aliphatic rings. The lowest BCUT2D eigenvalue weighted by Crippen LogP contribution is -2.41. The maximum absolute atomic E-state index is 12.2. The molecule has 2 aromatic rings. The molecule has 1 aliphatic carbocycles. The normalized spacial score (nSPS) is 22.1. The monoisotopic (exact) mass is 304 g/mol. The standard InChI is InChI=1S/C15H20N4O3/c1-9-3-13(22-18-9)6-14(21)17-15(10-4-12(20)5-10)11-7-16-19(2)8-11/h3,7-8,10,12,15,20H,4-6H2,1-2H3,(H,17,21)/t10?,12?,15-/m0/s1. The van der Waals surface area contributed by atoms with Gasteiger partial charge in [0.15, 0.2) is 0 Å². The second-order valence-electron chi connectivity index (χ2n) is 5.99. The molecule has 22 heavy (non-hydrogen) atoms. The molecule has 1 fully saturated rings. The zero-order valence-electron chi connectivity index (χ0n) is 12.7. The summed E-state index contributed by atoms with van der Waals surface area (Å²) < 4.78 is 6.79. The van der Waals surface area contributed by atoms with Crippen molar-refractivity contribution in [2.45, 2.75) is 38.3 Å². The fraction of sp³-hybridized carbons (Fsp3) is 0.533. The molecular formula is C15H20N4O3. The molecule has 2 N–H and O–H groups in total. The van der Waals surface area contributed by atoms with E-state index in [1.54, 1.807) is 16.9 Å². The number of aliphatic hydroxyl groups excluding tert-OH is 1. The molecule has 0 bridgehead atoms. The Labute approximate surface area is 128 Å². The molecule has 1 amide bonds. The first-order valence-electron chi connectivity index (χ1n) is 7.39. The van der Waals surface area contributed by atoms with Gasteiger partial charge in [-0.05, 0) is 25.7 Å². The third-order valence-corrected chi connectivity index (χ3v) is 4.03. The molecule has 0 saturated heterocycles. The highest BCUT2D eigenvalue weighted by Gasteiger charge is 2.36. The largest absolute Gasteiger partial charge is 0.393 e. The Morgan fingerprint density at radius 1 is 1.59 bits per heavy atom. The maximum atomic E-state index is 12.2. The zero-order chi connectivity index (χ0) is 15.7. The second-order valence-corrected chi connectivity index (χ2v) is 5.99. The summed E-state index contributed by atoms with van der Waals surface area (Å²) in [5.41, 5.74) is 1.72. The Hall–Kier alpha value is -2.15. The van der Waals surface area contributed by atoms with Crippen molar-refractivity contribution in [3.63, 3.8) is 0 Å². The van der Waals surface area contributed by atoms with Crippen molar-refractivity contribution >= 4 is 5.91 Å². The van der Waals surface area contributed by atoms with Crippen molar-refractivity contribution in [1.82, 2.24) is 20.3 Å². The van der Waals surface area contributed by atoms with Crippen LogP contribution in [0.1, 0.15) is 35.9 Å².